The summed E-state index contributed by atoms with van der Waals surface area (Å²) < 4.78 is 5.62. The van der Waals surface area contributed by atoms with Crippen LogP contribution in [0.4, 0.5) is 0 Å². The van der Waals surface area contributed by atoms with Crippen LogP contribution in [0.2, 0.25) is 0 Å². The van der Waals surface area contributed by atoms with Crippen molar-refractivity contribution < 1.29 is 29.6 Å². The lowest BCUT2D eigenvalue weighted by Crippen LogP contribution is -2.61. The lowest BCUT2D eigenvalue weighted by molar-refractivity contribution is -0.185. The maximum atomic E-state index is 12.7. The van der Waals surface area contributed by atoms with E-state index in [1.165, 1.54) is 6.92 Å². The summed E-state index contributed by atoms with van der Waals surface area (Å²) in [6.45, 7) is 4.65. The Morgan fingerprint density at radius 3 is 2.62 bits per heavy atom. The van der Waals surface area contributed by atoms with Crippen LogP contribution in [0.5, 0.6) is 0 Å². The fraction of sp³-hybridized carbons (Fsp3) is 0.700. The molecular weight excluding hydrogens is 336 g/mol. The number of esters is 1. The van der Waals surface area contributed by atoms with E-state index in [0.717, 1.165) is 0 Å². The van der Waals surface area contributed by atoms with Crippen LogP contribution in [0.1, 0.15) is 40.0 Å². The molecule has 7 atom stereocenters. The molecule has 0 saturated heterocycles. The van der Waals surface area contributed by atoms with Crippen molar-refractivity contribution in [2.45, 2.75) is 56.8 Å². The number of aliphatic hydroxyl groups is 3. The monoisotopic (exact) mass is 362 g/mol. The number of carbonyl (C=O) groups is 2. The highest BCUT2D eigenvalue weighted by atomic mass is 16.6. The molecule has 4 rings (SSSR count). The predicted octanol–water partition coefficient (Wildman–Crippen LogP) is 0.894. The van der Waals surface area contributed by atoms with E-state index in [0.29, 0.717) is 24.0 Å². The number of aliphatic hydroxyl groups excluding tert-OH is 1. The van der Waals surface area contributed by atoms with Gasteiger partial charge in [0.1, 0.15) is 11.2 Å². The molecule has 6 heteroatoms. The Bertz CT molecular complexity index is 753. The van der Waals surface area contributed by atoms with Crippen molar-refractivity contribution >= 4 is 11.8 Å². The Morgan fingerprint density at radius 1 is 1.31 bits per heavy atom. The van der Waals surface area contributed by atoms with Gasteiger partial charge in [0, 0.05) is 31.1 Å². The lowest BCUT2D eigenvalue weighted by atomic mass is 9.60. The molecule has 4 aliphatic carbocycles. The summed E-state index contributed by atoms with van der Waals surface area (Å²) in [5.41, 5.74) is -2.64. The van der Waals surface area contributed by atoms with Crippen molar-refractivity contribution in [3.63, 3.8) is 0 Å². The number of ketones is 1. The van der Waals surface area contributed by atoms with Crippen LogP contribution in [-0.2, 0) is 14.3 Å². The molecule has 26 heavy (non-hydrogen) atoms. The van der Waals surface area contributed by atoms with Crippen LogP contribution in [0, 0.1) is 23.7 Å². The van der Waals surface area contributed by atoms with Crippen LogP contribution >= 0.6 is 0 Å². The Hall–Kier alpha value is -1.50. The Kier molecular flexibility index (Phi) is 3.63. The van der Waals surface area contributed by atoms with Crippen LogP contribution in [0.15, 0.2) is 23.3 Å². The van der Waals surface area contributed by atoms with Crippen LogP contribution in [0.3, 0.4) is 0 Å². The summed E-state index contributed by atoms with van der Waals surface area (Å²) in [4.78, 5) is 24.3. The van der Waals surface area contributed by atoms with Gasteiger partial charge in [-0.2, -0.15) is 0 Å². The molecule has 6 nitrogen and oxygen atoms in total. The molecule has 0 aromatic rings. The van der Waals surface area contributed by atoms with Gasteiger partial charge in [-0.05, 0) is 36.8 Å². The summed E-state index contributed by atoms with van der Waals surface area (Å²) in [6, 6.07) is 0. The van der Waals surface area contributed by atoms with Crippen molar-refractivity contribution in [2.75, 3.05) is 6.61 Å². The zero-order valence-electron chi connectivity index (χ0n) is 15.4. The maximum Gasteiger partial charge on any atom is 0.303 e. The van der Waals surface area contributed by atoms with E-state index in [2.05, 4.69) is 0 Å². The van der Waals surface area contributed by atoms with Gasteiger partial charge >= 0.3 is 5.97 Å². The standard InChI is InChI=1S/C20H26O6/c1-10-4-16-19(24,17(10)23)7-13(9-21)5-14-15-8-18(15,26-12(3)22)6-11(2)20(14,16)25/h4-5,11,14-16,21,24-25H,6-9H2,1-3H3/t11-,14+,15+,16-,18-,19-,20-/m1/s1. The smallest absolute Gasteiger partial charge is 0.303 e. The first-order valence-electron chi connectivity index (χ1n) is 9.26. The first kappa shape index (κ1) is 17.9. The van der Waals surface area contributed by atoms with Crippen molar-refractivity contribution in [1.82, 2.24) is 0 Å². The summed E-state index contributed by atoms with van der Waals surface area (Å²) in [5, 5.41) is 32.9. The average molecular weight is 362 g/mol. The topological polar surface area (TPSA) is 104 Å². The summed E-state index contributed by atoms with van der Waals surface area (Å²) in [7, 11) is 0. The zero-order chi connectivity index (χ0) is 19.1. The highest BCUT2D eigenvalue weighted by Gasteiger charge is 2.74. The van der Waals surface area contributed by atoms with Gasteiger partial charge in [-0.25, -0.2) is 0 Å². The van der Waals surface area contributed by atoms with Crippen molar-refractivity contribution in [1.29, 1.82) is 0 Å². The van der Waals surface area contributed by atoms with Gasteiger partial charge in [0.15, 0.2) is 5.78 Å². The van der Waals surface area contributed by atoms with E-state index < -0.39 is 22.7 Å². The number of hydrogen-bond acceptors (Lipinski definition) is 6. The molecule has 3 N–H and O–H groups in total. The molecule has 0 unspecified atom stereocenters. The molecule has 2 fully saturated rings. The third-order valence-electron chi connectivity index (χ3n) is 7.13. The third-order valence-corrected chi connectivity index (χ3v) is 7.13. The predicted molar refractivity (Wildman–Crippen MR) is 91.8 cm³/mol. The Labute approximate surface area is 152 Å². The van der Waals surface area contributed by atoms with Crippen molar-refractivity contribution in [2.24, 2.45) is 23.7 Å². The van der Waals surface area contributed by atoms with Gasteiger partial charge in [0.05, 0.1) is 12.2 Å². The summed E-state index contributed by atoms with van der Waals surface area (Å²) in [6.07, 6.45) is 4.68. The molecule has 0 bridgehead atoms. The number of ether oxygens (including phenoxy) is 1. The Morgan fingerprint density at radius 2 is 2.00 bits per heavy atom. The van der Waals surface area contributed by atoms with Gasteiger partial charge in [-0.15, -0.1) is 0 Å². The van der Waals surface area contributed by atoms with E-state index in [9.17, 15) is 24.9 Å². The molecule has 0 aromatic heterocycles. The average Bonchev–Trinajstić information content (AvgIpc) is 3.21. The third kappa shape index (κ3) is 2.09. The number of rotatable bonds is 2. The van der Waals surface area contributed by atoms with Gasteiger partial charge in [-0.3, -0.25) is 9.59 Å². The van der Waals surface area contributed by atoms with Gasteiger partial charge in [0.25, 0.3) is 0 Å². The largest absolute Gasteiger partial charge is 0.459 e. The molecule has 0 amide bonds. The Balaban J connectivity index is 1.83. The highest BCUT2D eigenvalue weighted by Crippen LogP contribution is 2.67. The second kappa shape index (κ2) is 5.27. The fourth-order valence-corrected chi connectivity index (χ4v) is 5.96. The van der Waals surface area contributed by atoms with Crippen LogP contribution < -0.4 is 0 Å². The molecule has 0 heterocycles. The van der Waals surface area contributed by atoms with E-state index in [4.69, 9.17) is 4.74 Å². The highest BCUT2D eigenvalue weighted by molar-refractivity contribution is 6.04. The van der Waals surface area contributed by atoms with E-state index in [1.807, 2.05) is 13.0 Å². The molecule has 2 saturated carbocycles. The minimum Gasteiger partial charge on any atom is -0.459 e. The first-order chi connectivity index (χ1) is 12.1. The van der Waals surface area contributed by atoms with E-state index >= 15 is 0 Å². The van der Waals surface area contributed by atoms with Crippen LogP contribution in [-0.4, -0.2) is 50.5 Å². The van der Waals surface area contributed by atoms with Gasteiger partial charge in [-0.1, -0.05) is 19.1 Å². The molecule has 142 valence electrons. The van der Waals surface area contributed by atoms with Gasteiger partial charge in [0.2, 0.25) is 0 Å². The molecule has 0 aromatic carbocycles. The SMILES string of the molecule is CC(=O)O[C@@]12C[C@@H](C)[C@@]3(O)[C@@H](C=C(CO)C[C@]4(O)C(=O)C(C)=C[C@@H]34)[C@@H]1C2. The minimum atomic E-state index is -1.73. The summed E-state index contributed by atoms with van der Waals surface area (Å²) in [5.74, 6) is -2.20. The van der Waals surface area contributed by atoms with Crippen molar-refractivity contribution in [3.8, 4) is 0 Å². The van der Waals surface area contributed by atoms with Crippen LogP contribution in [0.25, 0.3) is 0 Å². The second-order valence-electron chi connectivity index (χ2n) is 8.73. The fourth-order valence-electron chi connectivity index (χ4n) is 5.96. The number of carbonyl (C=O) groups excluding carboxylic acids is 2. The lowest BCUT2D eigenvalue weighted by Gasteiger charge is -2.50. The minimum absolute atomic E-state index is 0.0135. The molecular formula is C20H26O6. The van der Waals surface area contributed by atoms with Gasteiger partial charge < -0.3 is 20.1 Å². The van der Waals surface area contributed by atoms with Crippen molar-refractivity contribution in [3.05, 3.63) is 23.3 Å². The first-order valence-corrected chi connectivity index (χ1v) is 9.26. The second-order valence-corrected chi connectivity index (χ2v) is 8.73. The molecule has 0 radical (unpaired) electrons. The maximum absolute atomic E-state index is 12.7. The van der Waals surface area contributed by atoms with E-state index in [-0.39, 0.29) is 42.5 Å². The molecule has 0 spiro atoms. The van der Waals surface area contributed by atoms with E-state index in [1.54, 1.807) is 13.0 Å². The number of fused-ring (bicyclic) bond motifs is 5. The quantitative estimate of drug-likeness (QED) is 0.498. The molecule has 0 aliphatic heterocycles. The molecule has 4 aliphatic rings. The summed E-state index contributed by atoms with van der Waals surface area (Å²) >= 11 is 0. The normalized spacial score (nSPS) is 49.2. The number of hydrogen-bond donors (Lipinski definition) is 3. The number of Topliss-reactive ketones (excluding diaryl/α,β-unsaturated/α-hetero) is 1. The zero-order valence-corrected chi connectivity index (χ0v) is 15.4.